The number of nitro benzene ring substituents is 1. The van der Waals surface area contributed by atoms with E-state index in [9.17, 15) is 19.3 Å². The van der Waals surface area contributed by atoms with Gasteiger partial charge in [-0.2, -0.15) is 5.10 Å². The molecule has 3 rings (SSSR count). The van der Waals surface area contributed by atoms with Gasteiger partial charge in [0.15, 0.2) is 6.29 Å². The highest BCUT2D eigenvalue weighted by molar-refractivity contribution is 9.10. The van der Waals surface area contributed by atoms with Crippen LogP contribution < -0.4 is 0 Å². The third-order valence-corrected chi connectivity index (χ3v) is 4.16. The van der Waals surface area contributed by atoms with Gasteiger partial charge in [0.1, 0.15) is 16.1 Å². The molecule has 0 bridgehead atoms. The van der Waals surface area contributed by atoms with Gasteiger partial charge in [-0.1, -0.05) is 18.2 Å². The Morgan fingerprint density at radius 1 is 1.21 bits per heavy atom. The maximum Gasteiger partial charge on any atom is 0.272 e. The number of aromatic nitrogens is 2. The number of nitro groups is 1. The number of nitrogens with zero attached hydrogens (tertiary/aromatic N) is 3. The van der Waals surface area contributed by atoms with E-state index in [-0.39, 0.29) is 22.5 Å². The van der Waals surface area contributed by atoms with Crippen molar-refractivity contribution in [3.63, 3.8) is 0 Å². The van der Waals surface area contributed by atoms with Crippen LogP contribution in [0.3, 0.4) is 0 Å². The summed E-state index contributed by atoms with van der Waals surface area (Å²) in [5, 5.41) is 15.0. The number of benzene rings is 2. The van der Waals surface area contributed by atoms with Gasteiger partial charge >= 0.3 is 0 Å². The van der Waals surface area contributed by atoms with Crippen LogP contribution in [0.2, 0.25) is 0 Å². The van der Waals surface area contributed by atoms with E-state index in [1.807, 2.05) is 6.07 Å². The second-order valence-electron chi connectivity index (χ2n) is 4.84. The predicted molar refractivity (Wildman–Crippen MR) is 88.7 cm³/mol. The molecule has 0 spiro atoms. The molecule has 24 heavy (non-hydrogen) atoms. The first-order valence-corrected chi connectivity index (χ1v) is 7.55. The van der Waals surface area contributed by atoms with E-state index in [1.165, 1.54) is 16.8 Å². The lowest BCUT2D eigenvalue weighted by Gasteiger charge is -2.02. The molecule has 0 aliphatic heterocycles. The van der Waals surface area contributed by atoms with Crippen molar-refractivity contribution < 1.29 is 14.1 Å². The molecule has 8 heteroatoms. The van der Waals surface area contributed by atoms with Crippen LogP contribution in [0.15, 0.2) is 53.1 Å². The molecular formula is C16H9BrFN3O3. The highest BCUT2D eigenvalue weighted by atomic mass is 79.9. The second-order valence-corrected chi connectivity index (χ2v) is 5.59. The van der Waals surface area contributed by atoms with Crippen LogP contribution in [0.25, 0.3) is 16.9 Å². The van der Waals surface area contributed by atoms with Crippen molar-refractivity contribution in [1.29, 1.82) is 0 Å². The first-order valence-electron chi connectivity index (χ1n) is 6.76. The Kier molecular flexibility index (Phi) is 4.22. The Bertz CT molecular complexity index is 941. The van der Waals surface area contributed by atoms with Crippen LogP contribution in [0.1, 0.15) is 10.4 Å². The molecule has 0 saturated carbocycles. The average molecular weight is 390 g/mol. The lowest BCUT2D eigenvalue weighted by atomic mass is 10.1. The normalized spacial score (nSPS) is 10.6. The standard InChI is InChI=1S/C16H9BrFN3O3/c17-16-13(9-22)15(19-20(16)10-4-2-1-3-5-10)12-7-6-11(21(23)24)8-14(12)18/h1-9H. The number of aldehydes is 1. The first kappa shape index (κ1) is 16.0. The van der Waals surface area contributed by atoms with Crippen LogP contribution in [0.4, 0.5) is 10.1 Å². The summed E-state index contributed by atoms with van der Waals surface area (Å²) in [6.07, 6.45) is 0.562. The average Bonchev–Trinajstić information content (AvgIpc) is 2.91. The molecule has 0 unspecified atom stereocenters. The first-order chi connectivity index (χ1) is 11.5. The summed E-state index contributed by atoms with van der Waals surface area (Å²) in [7, 11) is 0. The van der Waals surface area contributed by atoms with E-state index in [0.29, 0.717) is 16.6 Å². The molecule has 0 aliphatic rings. The Morgan fingerprint density at radius 2 is 1.92 bits per heavy atom. The topological polar surface area (TPSA) is 78.0 Å². The van der Waals surface area contributed by atoms with Crippen molar-refractivity contribution in [2.75, 3.05) is 0 Å². The molecule has 0 saturated heterocycles. The van der Waals surface area contributed by atoms with Crippen molar-refractivity contribution in [3.05, 3.63) is 74.6 Å². The zero-order valence-corrected chi connectivity index (χ0v) is 13.6. The Balaban J connectivity index is 2.19. The van der Waals surface area contributed by atoms with Gasteiger partial charge in [0.25, 0.3) is 5.69 Å². The van der Waals surface area contributed by atoms with Crippen molar-refractivity contribution >= 4 is 27.9 Å². The molecule has 0 fully saturated rings. The van der Waals surface area contributed by atoms with Gasteiger partial charge in [-0.25, -0.2) is 9.07 Å². The molecule has 0 N–H and O–H groups in total. The van der Waals surface area contributed by atoms with Gasteiger partial charge < -0.3 is 0 Å². The van der Waals surface area contributed by atoms with E-state index < -0.39 is 10.7 Å². The number of non-ortho nitro benzene ring substituents is 1. The fourth-order valence-electron chi connectivity index (χ4n) is 2.26. The van der Waals surface area contributed by atoms with Gasteiger partial charge in [0.05, 0.1) is 22.2 Å². The molecule has 3 aromatic rings. The van der Waals surface area contributed by atoms with Crippen LogP contribution >= 0.6 is 15.9 Å². The van der Waals surface area contributed by atoms with E-state index in [0.717, 1.165) is 6.07 Å². The Hall–Kier alpha value is -2.87. The number of para-hydroxylation sites is 1. The van der Waals surface area contributed by atoms with Crippen LogP contribution in [0.5, 0.6) is 0 Å². The van der Waals surface area contributed by atoms with Crippen LogP contribution in [-0.4, -0.2) is 21.0 Å². The third kappa shape index (κ3) is 2.71. The van der Waals surface area contributed by atoms with Crippen molar-refractivity contribution in [1.82, 2.24) is 9.78 Å². The summed E-state index contributed by atoms with van der Waals surface area (Å²) in [6.45, 7) is 0. The van der Waals surface area contributed by atoms with E-state index in [2.05, 4.69) is 21.0 Å². The molecule has 120 valence electrons. The highest BCUT2D eigenvalue weighted by Gasteiger charge is 2.21. The van der Waals surface area contributed by atoms with Gasteiger partial charge in [-0.3, -0.25) is 14.9 Å². The fourth-order valence-corrected chi connectivity index (χ4v) is 2.83. The summed E-state index contributed by atoms with van der Waals surface area (Å²) in [5.74, 6) is -0.822. The second kappa shape index (κ2) is 6.32. The summed E-state index contributed by atoms with van der Waals surface area (Å²) >= 11 is 3.30. The number of carbonyl (C=O) groups is 1. The lowest BCUT2D eigenvalue weighted by Crippen LogP contribution is -1.97. The number of hydrogen-bond acceptors (Lipinski definition) is 4. The minimum absolute atomic E-state index is 0.0121. The van der Waals surface area contributed by atoms with Gasteiger partial charge in [0, 0.05) is 11.6 Å². The Labute approximate surface area is 143 Å². The summed E-state index contributed by atoms with van der Waals surface area (Å²) in [4.78, 5) is 21.5. The molecule has 2 aromatic carbocycles. The summed E-state index contributed by atoms with van der Waals surface area (Å²) in [5.41, 5.74) is 0.587. The van der Waals surface area contributed by atoms with E-state index >= 15 is 0 Å². The fraction of sp³-hybridized carbons (Fsp3) is 0. The molecule has 0 aliphatic carbocycles. The highest BCUT2D eigenvalue weighted by Crippen LogP contribution is 2.32. The van der Waals surface area contributed by atoms with Gasteiger partial charge in [0.2, 0.25) is 0 Å². The molecule has 0 amide bonds. The summed E-state index contributed by atoms with van der Waals surface area (Å²) < 4.78 is 16.1. The molecule has 1 aromatic heterocycles. The van der Waals surface area contributed by atoms with Crippen molar-refractivity contribution in [2.24, 2.45) is 0 Å². The smallest absolute Gasteiger partial charge is 0.272 e. The minimum Gasteiger partial charge on any atom is -0.298 e. The van der Waals surface area contributed by atoms with Crippen molar-refractivity contribution in [2.45, 2.75) is 0 Å². The molecular weight excluding hydrogens is 381 g/mol. The zero-order chi connectivity index (χ0) is 17.3. The third-order valence-electron chi connectivity index (χ3n) is 3.40. The molecule has 0 radical (unpaired) electrons. The SMILES string of the molecule is O=Cc1c(-c2ccc([N+](=O)[O-])cc2F)nn(-c2ccccc2)c1Br. The monoisotopic (exact) mass is 389 g/mol. The van der Waals surface area contributed by atoms with E-state index in [4.69, 9.17) is 0 Å². The zero-order valence-electron chi connectivity index (χ0n) is 12.0. The number of hydrogen-bond donors (Lipinski definition) is 0. The number of halogens is 2. The van der Waals surface area contributed by atoms with Gasteiger partial charge in [-0.05, 0) is 34.1 Å². The molecule has 1 heterocycles. The number of rotatable bonds is 4. The number of carbonyl (C=O) groups excluding carboxylic acids is 1. The van der Waals surface area contributed by atoms with Crippen molar-refractivity contribution in [3.8, 4) is 16.9 Å². The molecule has 0 atom stereocenters. The van der Waals surface area contributed by atoms with Gasteiger partial charge in [-0.15, -0.1) is 0 Å². The quantitative estimate of drug-likeness (QED) is 0.381. The lowest BCUT2D eigenvalue weighted by molar-refractivity contribution is -0.385. The largest absolute Gasteiger partial charge is 0.298 e. The maximum atomic E-state index is 14.3. The predicted octanol–water partition coefficient (Wildman–Crippen LogP) is 4.16. The van der Waals surface area contributed by atoms with E-state index in [1.54, 1.807) is 24.3 Å². The summed E-state index contributed by atoms with van der Waals surface area (Å²) in [6, 6.07) is 12.2. The Morgan fingerprint density at radius 3 is 2.50 bits per heavy atom. The maximum absolute atomic E-state index is 14.3. The molecule has 6 nitrogen and oxygen atoms in total. The van der Waals surface area contributed by atoms with Crippen LogP contribution in [-0.2, 0) is 0 Å². The van der Waals surface area contributed by atoms with Crippen LogP contribution in [0, 0.1) is 15.9 Å². The minimum atomic E-state index is -0.822.